The first-order valence-electron chi connectivity index (χ1n) is 6.25. The Hall–Kier alpha value is -1.88. The number of nitro benzene ring substituents is 1. The molecule has 1 unspecified atom stereocenters. The number of aryl methyl sites for hydroxylation is 1. The first kappa shape index (κ1) is 14.5. The van der Waals surface area contributed by atoms with Crippen molar-refractivity contribution in [3.05, 3.63) is 68.2 Å². The zero-order valence-electron chi connectivity index (χ0n) is 11.3. The SMILES string of the molecule is Cc1cc(NC(C)c2ccccc2[N+](=O)[O-])ccc1Br. The molecule has 0 aliphatic carbocycles. The molecule has 20 heavy (non-hydrogen) atoms. The lowest BCUT2D eigenvalue weighted by molar-refractivity contribution is -0.385. The maximum Gasteiger partial charge on any atom is 0.274 e. The summed E-state index contributed by atoms with van der Waals surface area (Å²) in [5.74, 6) is 0. The van der Waals surface area contributed by atoms with Crippen molar-refractivity contribution < 1.29 is 4.92 Å². The molecular weight excluding hydrogens is 320 g/mol. The van der Waals surface area contributed by atoms with E-state index in [1.165, 1.54) is 6.07 Å². The van der Waals surface area contributed by atoms with Crippen molar-refractivity contribution in [2.75, 3.05) is 5.32 Å². The first-order valence-corrected chi connectivity index (χ1v) is 7.04. The van der Waals surface area contributed by atoms with Crippen molar-refractivity contribution >= 4 is 27.3 Å². The molecule has 1 N–H and O–H groups in total. The van der Waals surface area contributed by atoms with E-state index in [-0.39, 0.29) is 16.7 Å². The van der Waals surface area contributed by atoms with Gasteiger partial charge in [-0.15, -0.1) is 0 Å². The van der Waals surface area contributed by atoms with Gasteiger partial charge in [0.15, 0.2) is 0 Å². The number of benzene rings is 2. The molecule has 0 spiro atoms. The fourth-order valence-electron chi connectivity index (χ4n) is 2.08. The Labute approximate surface area is 126 Å². The normalized spacial score (nSPS) is 11.9. The van der Waals surface area contributed by atoms with Crippen LogP contribution in [0.5, 0.6) is 0 Å². The third-order valence-electron chi connectivity index (χ3n) is 3.14. The molecule has 0 saturated carbocycles. The van der Waals surface area contributed by atoms with E-state index in [0.717, 1.165) is 15.7 Å². The predicted molar refractivity (Wildman–Crippen MR) is 84.0 cm³/mol. The number of nitrogens with zero attached hydrogens (tertiary/aromatic N) is 1. The molecule has 0 radical (unpaired) electrons. The van der Waals surface area contributed by atoms with Crippen molar-refractivity contribution in [1.29, 1.82) is 0 Å². The van der Waals surface area contributed by atoms with Crippen LogP contribution in [0.15, 0.2) is 46.9 Å². The van der Waals surface area contributed by atoms with Gasteiger partial charge in [-0.2, -0.15) is 0 Å². The van der Waals surface area contributed by atoms with Crippen molar-refractivity contribution in [3.63, 3.8) is 0 Å². The van der Waals surface area contributed by atoms with E-state index < -0.39 is 0 Å². The molecule has 4 nitrogen and oxygen atoms in total. The number of hydrogen-bond donors (Lipinski definition) is 1. The molecule has 0 bridgehead atoms. The molecule has 2 rings (SSSR count). The van der Waals surface area contributed by atoms with Gasteiger partial charge in [-0.05, 0) is 37.6 Å². The van der Waals surface area contributed by atoms with Crippen LogP contribution in [0.2, 0.25) is 0 Å². The summed E-state index contributed by atoms with van der Waals surface area (Å²) in [4.78, 5) is 10.7. The van der Waals surface area contributed by atoms with E-state index in [0.29, 0.717) is 5.56 Å². The molecule has 0 heterocycles. The monoisotopic (exact) mass is 334 g/mol. The minimum atomic E-state index is -0.347. The van der Waals surface area contributed by atoms with Crippen LogP contribution in [0.1, 0.15) is 24.1 Å². The maximum absolute atomic E-state index is 11.0. The minimum Gasteiger partial charge on any atom is -0.378 e. The molecule has 5 heteroatoms. The van der Waals surface area contributed by atoms with Gasteiger partial charge in [0.1, 0.15) is 0 Å². The third kappa shape index (κ3) is 3.17. The molecule has 2 aromatic carbocycles. The fourth-order valence-corrected chi connectivity index (χ4v) is 2.33. The number of anilines is 1. The summed E-state index contributed by atoms with van der Waals surface area (Å²) in [6.45, 7) is 3.92. The number of rotatable bonds is 4. The minimum absolute atomic E-state index is 0.140. The average molecular weight is 335 g/mol. The Morgan fingerprint density at radius 3 is 2.60 bits per heavy atom. The molecule has 2 aromatic rings. The van der Waals surface area contributed by atoms with Crippen LogP contribution in [0.3, 0.4) is 0 Å². The maximum atomic E-state index is 11.0. The molecule has 0 aromatic heterocycles. The highest BCUT2D eigenvalue weighted by Gasteiger charge is 2.17. The summed E-state index contributed by atoms with van der Waals surface area (Å²) in [6.07, 6.45) is 0. The Kier molecular flexibility index (Phi) is 4.39. The van der Waals surface area contributed by atoms with Crippen molar-refractivity contribution in [2.45, 2.75) is 19.9 Å². The fraction of sp³-hybridized carbons (Fsp3) is 0.200. The van der Waals surface area contributed by atoms with E-state index in [1.807, 2.05) is 38.1 Å². The summed E-state index contributed by atoms with van der Waals surface area (Å²) in [6, 6.07) is 12.6. The zero-order chi connectivity index (χ0) is 14.7. The van der Waals surface area contributed by atoms with E-state index in [1.54, 1.807) is 12.1 Å². The summed E-state index contributed by atoms with van der Waals surface area (Å²) < 4.78 is 1.04. The van der Waals surface area contributed by atoms with Gasteiger partial charge < -0.3 is 5.32 Å². The second kappa shape index (κ2) is 6.05. The second-order valence-electron chi connectivity index (χ2n) is 4.65. The van der Waals surface area contributed by atoms with E-state index in [9.17, 15) is 10.1 Å². The Bertz CT molecular complexity index is 644. The van der Waals surface area contributed by atoms with Crippen LogP contribution in [-0.4, -0.2) is 4.92 Å². The van der Waals surface area contributed by atoms with Gasteiger partial charge in [-0.3, -0.25) is 10.1 Å². The van der Waals surface area contributed by atoms with Crippen molar-refractivity contribution in [1.82, 2.24) is 0 Å². The van der Waals surface area contributed by atoms with Gasteiger partial charge in [-0.25, -0.2) is 0 Å². The molecule has 0 aliphatic rings. The molecule has 104 valence electrons. The van der Waals surface area contributed by atoms with Crippen LogP contribution in [0.25, 0.3) is 0 Å². The van der Waals surface area contributed by atoms with Gasteiger partial charge in [0, 0.05) is 16.2 Å². The highest BCUT2D eigenvalue weighted by atomic mass is 79.9. The average Bonchev–Trinajstić information content (AvgIpc) is 2.43. The standard InChI is InChI=1S/C15H15BrN2O2/c1-10-9-12(7-8-14(10)16)17-11(2)13-5-3-4-6-15(13)18(19)20/h3-9,11,17H,1-2H3. The summed E-state index contributed by atoms with van der Waals surface area (Å²) in [5.41, 5.74) is 2.88. The quantitative estimate of drug-likeness (QED) is 0.642. The summed E-state index contributed by atoms with van der Waals surface area (Å²) in [7, 11) is 0. The second-order valence-corrected chi connectivity index (χ2v) is 5.50. The number of nitrogens with one attached hydrogen (secondary N) is 1. The number of hydrogen-bond acceptors (Lipinski definition) is 3. The highest BCUT2D eigenvalue weighted by Crippen LogP contribution is 2.28. The lowest BCUT2D eigenvalue weighted by Gasteiger charge is -2.16. The molecule has 0 amide bonds. The number of para-hydroxylation sites is 1. The predicted octanol–water partition coefficient (Wildman–Crippen LogP) is 4.84. The summed E-state index contributed by atoms with van der Waals surface area (Å²) >= 11 is 3.45. The van der Waals surface area contributed by atoms with Crippen LogP contribution in [-0.2, 0) is 0 Å². The van der Waals surface area contributed by atoms with Crippen LogP contribution < -0.4 is 5.32 Å². The van der Waals surface area contributed by atoms with E-state index in [2.05, 4.69) is 21.2 Å². The first-order chi connectivity index (χ1) is 9.49. The molecular formula is C15H15BrN2O2. The Morgan fingerprint density at radius 2 is 1.95 bits per heavy atom. The lowest BCUT2D eigenvalue weighted by atomic mass is 10.1. The zero-order valence-corrected chi connectivity index (χ0v) is 12.8. The number of nitro groups is 1. The largest absolute Gasteiger partial charge is 0.378 e. The van der Waals surface area contributed by atoms with Crippen LogP contribution in [0, 0.1) is 17.0 Å². The van der Waals surface area contributed by atoms with Gasteiger partial charge in [0.2, 0.25) is 0 Å². The Morgan fingerprint density at radius 1 is 1.25 bits per heavy atom. The molecule has 0 saturated heterocycles. The van der Waals surface area contributed by atoms with Crippen LogP contribution >= 0.6 is 15.9 Å². The number of halogens is 1. The van der Waals surface area contributed by atoms with E-state index >= 15 is 0 Å². The van der Waals surface area contributed by atoms with Gasteiger partial charge in [0.25, 0.3) is 5.69 Å². The Balaban J connectivity index is 2.26. The lowest BCUT2D eigenvalue weighted by Crippen LogP contribution is -2.09. The molecule has 0 aliphatic heterocycles. The topological polar surface area (TPSA) is 55.2 Å². The van der Waals surface area contributed by atoms with Crippen LogP contribution in [0.4, 0.5) is 11.4 Å². The van der Waals surface area contributed by atoms with Gasteiger partial charge in [0.05, 0.1) is 16.5 Å². The van der Waals surface area contributed by atoms with Crippen molar-refractivity contribution in [3.8, 4) is 0 Å². The molecule has 1 atom stereocenters. The van der Waals surface area contributed by atoms with Crippen molar-refractivity contribution in [2.24, 2.45) is 0 Å². The summed E-state index contributed by atoms with van der Waals surface area (Å²) in [5, 5.41) is 14.3. The van der Waals surface area contributed by atoms with E-state index in [4.69, 9.17) is 0 Å². The van der Waals surface area contributed by atoms with Gasteiger partial charge in [-0.1, -0.05) is 34.1 Å². The smallest absolute Gasteiger partial charge is 0.274 e. The third-order valence-corrected chi connectivity index (χ3v) is 4.03. The van der Waals surface area contributed by atoms with Gasteiger partial charge >= 0.3 is 0 Å². The molecule has 0 fully saturated rings. The highest BCUT2D eigenvalue weighted by molar-refractivity contribution is 9.10.